The standard InChI is InChI=1S/C16H22N4O/c1-2-20-7-8-21-12(11-20)9-19-16-13-5-3-4-6-15(13)18-10-14(16)17/h3-6,10,12H,2,7-9,11,17H2,1H3,(H,18,19). The van der Waals surface area contributed by atoms with E-state index in [1.54, 1.807) is 6.20 Å². The highest BCUT2D eigenvalue weighted by atomic mass is 16.5. The summed E-state index contributed by atoms with van der Waals surface area (Å²) in [6, 6.07) is 8.03. The second kappa shape index (κ2) is 6.28. The summed E-state index contributed by atoms with van der Waals surface area (Å²) in [6.45, 7) is 6.80. The first-order chi connectivity index (χ1) is 10.3. The van der Waals surface area contributed by atoms with Gasteiger partial charge >= 0.3 is 0 Å². The van der Waals surface area contributed by atoms with Gasteiger partial charge in [-0.3, -0.25) is 9.88 Å². The summed E-state index contributed by atoms with van der Waals surface area (Å²) in [4.78, 5) is 6.76. The highest BCUT2D eigenvalue weighted by molar-refractivity contribution is 5.96. The third-order valence-electron chi connectivity index (χ3n) is 3.98. The van der Waals surface area contributed by atoms with Gasteiger partial charge in [-0.15, -0.1) is 0 Å². The van der Waals surface area contributed by atoms with Gasteiger partial charge in [-0.05, 0) is 12.6 Å². The average molecular weight is 286 g/mol. The number of nitrogens with zero attached hydrogens (tertiary/aromatic N) is 2. The number of aromatic nitrogens is 1. The fourth-order valence-electron chi connectivity index (χ4n) is 2.76. The third-order valence-corrected chi connectivity index (χ3v) is 3.98. The van der Waals surface area contributed by atoms with Crippen LogP contribution in [0.15, 0.2) is 30.5 Å². The van der Waals surface area contributed by atoms with Crippen LogP contribution in [0.4, 0.5) is 11.4 Å². The van der Waals surface area contributed by atoms with Gasteiger partial charge in [0.15, 0.2) is 0 Å². The quantitative estimate of drug-likeness (QED) is 0.899. The molecule has 5 heteroatoms. The molecular formula is C16H22N4O. The second-order valence-corrected chi connectivity index (χ2v) is 5.37. The smallest absolute Gasteiger partial charge is 0.0874 e. The van der Waals surface area contributed by atoms with E-state index in [9.17, 15) is 0 Å². The number of fused-ring (bicyclic) bond motifs is 1. The van der Waals surface area contributed by atoms with E-state index >= 15 is 0 Å². The zero-order valence-electron chi connectivity index (χ0n) is 12.4. The lowest BCUT2D eigenvalue weighted by atomic mass is 10.1. The topological polar surface area (TPSA) is 63.4 Å². The van der Waals surface area contributed by atoms with E-state index in [0.717, 1.165) is 49.4 Å². The molecule has 2 heterocycles. The van der Waals surface area contributed by atoms with Crippen LogP contribution in [0, 0.1) is 0 Å². The number of benzene rings is 1. The number of morpholine rings is 1. The normalized spacial score (nSPS) is 19.8. The minimum Gasteiger partial charge on any atom is -0.396 e. The summed E-state index contributed by atoms with van der Waals surface area (Å²) in [5.41, 5.74) is 8.67. The van der Waals surface area contributed by atoms with Crippen molar-refractivity contribution in [2.45, 2.75) is 13.0 Å². The van der Waals surface area contributed by atoms with Crippen molar-refractivity contribution in [3.05, 3.63) is 30.5 Å². The first-order valence-electron chi connectivity index (χ1n) is 7.49. The van der Waals surface area contributed by atoms with Gasteiger partial charge < -0.3 is 15.8 Å². The highest BCUT2D eigenvalue weighted by Crippen LogP contribution is 2.27. The van der Waals surface area contributed by atoms with Crippen LogP contribution in [0.25, 0.3) is 10.9 Å². The maximum Gasteiger partial charge on any atom is 0.0874 e. The van der Waals surface area contributed by atoms with Crippen molar-refractivity contribution in [2.24, 2.45) is 0 Å². The number of nitrogen functional groups attached to an aromatic ring is 1. The Morgan fingerprint density at radius 1 is 1.43 bits per heavy atom. The number of rotatable bonds is 4. The van der Waals surface area contributed by atoms with E-state index in [1.165, 1.54) is 0 Å². The number of likely N-dealkylation sites (N-methyl/N-ethyl adjacent to an activating group) is 1. The van der Waals surface area contributed by atoms with Crippen molar-refractivity contribution in [1.29, 1.82) is 0 Å². The molecule has 1 saturated heterocycles. The van der Waals surface area contributed by atoms with Crippen LogP contribution in [0.2, 0.25) is 0 Å². The molecule has 0 spiro atoms. The Labute approximate surface area is 125 Å². The lowest BCUT2D eigenvalue weighted by molar-refractivity contribution is -0.0191. The summed E-state index contributed by atoms with van der Waals surface area (Å²) in [5.74, 6) is 0. The van der Waals surface area contributed by atoms with Gasteiger partial charge in [0, 0.05) is 25.0 Å². The van der Waals surface area contributed by atoms with Crippen molar-refractivity contribution in [3.63, 3.8) is 0 Å². The number of para-hydroxylation sites is 1. The molecule has 3 rings (SSSR count). The van der Waals surface area contributed by atoms with Gasteiger partial charge in [0.05, 0.1) is 35.8 Å². The Hall–Kier alpha value is -1.85. The Morgan fingerprint density at radius 3 is 3.14 bits per heavy atom. The van der Waals surface area contributed by atoms with Crippen molar-refractivity contribution < 1.29 is 4.74 Å². The molecule has 1 aromatic carbocycles. The van der Waals surface area contributed by atoms with Gasteiger partial charge in [0.25, 0.3) is 0 Å². The van der Waals surface area contributed by atoms with Crippen molar-refractivity contribution in [2.75, 3.05) is 43.8 Å². The molecule has 0 aliphatic carbocycles. The highest BCUT2D eigenvalue weighted by Gasteiger charge is 2.19. The van der Waals surface area contributed by atoms with E-state index in [0.29, 0.717) is 5.69 Å². The van der Waals surface area contributed by atoms with Crippen molar-refractivity contribution in [3.8, 4) is 0 Å². The minimum atomic E-state index is 0.199. The molecule has 3 N–H and O–H groups in total. The number of pyridine rings is 1. The predicted octanol–water partition coefficient (Wildman–Crippen LogP) is 1.95. The van der Waals surface area contributed by atoms with Crippen LogP contribution in [0.3, 0.4) is 0 Å². The molecule has 1 unspecified atom stereocenters. The molecule has 1 fully saturated rings. The summed E-state index contributed by atoms with van der Waals surface area (Å²) >= 11 is 0. The monoisotopic (exact) mass is 286 g/mol. The van der Waals surface area contributed by atoms with Gasteiger partial charge in [-0.2, -0.15) is 0 Å². The first-order valence-corrected chi connectivity index (χ1v) is 7.49. The number of ether oxygens (including phenoxy) is 1. The number of hydrogen-bond acceptors (Lipinski definition) is 5. The number of anilines is 2. The Balaban J connectivity index is 1.74. The Bertz CT molecular complexity index is 616. The molecule has 1 aliphatic rings. The van der Waals surface area contributed by atoms with E-state index < -0.39 is 0 Å². The molecule has 1 aromatic heterocycles. The van der Waals surface area contributed by atoms with E-state index in [-0.39, 0.29) is 6.10 Å². The lowest BCUT2D eigenvalue weighted by Crippen LogP contribution is -2.45. The van der Waals surface area contributed by atoms with Gasteiger partial charge in [0.1, 0.15) is 0 Å². The largest absolute Gasteiger partial charge is 0.396 e. The van der Waals surface area contributed by atoms with Crippen LogP contribution >= 0.6 is 0 Å². The molecule has 1 atom stereocenters. The molecule has 0 saturated carbocycles. The first kappa shape index (κ1) is 14.1. The van der Waals surface area contributed by atoms with E-state index in [4.69, 9.17) is 10.5 Å². The van der Waals surface area contributed by atoms with Crippen molar-refractivity contribution >= 4 is 22.3 Å². The molecule has 2 aromatic rings. The predicted molar refractivity (Wildman–Crippen MR) is 86.5 cm³/mol. The van der Waals surface area contributed by atoms with Crippen LogP contribution in [-0.4, -0.2) is 48.8 Å². The van der Waals surface area contributed by atoms with Gasteiger partial charge in [-0.1, -0.05) is 25.1 Å². The Kier molecular flexibility index (Phi) is 4.22. The van der Waals surface area contributed by atoms with Gasteiger partial charge in [0.2, 0.25) is 0 Å². The van der Waals surface area contributed by atoms with Crippen LogP contribution in [0.1, 0.15) is 6.92 Å². The zero-order valence-corrected chi connectivity index (χ0v) is 12.4. The van der Waals surface area contributed by atoms with Crippen LogP contribution < -0.4 is 11.1 Å². The maximum atomic E-state index is 6.08. The number of hydrogen-bond donors (Lipinski definition) is 2. The molecule has 0 amide bonds. The number of nitrogens with one attached hydrogen (secondary N) is 1. The fourth-order valence-corrected chi connectivity index (χ4v) is 2.76. The number of nitrogens with two attached hydrogens (primary N) is 1. The average Bonchev–Trinajstić information content (AvgIpc) is 2.54. The van der Waals surface area contributed by atoms with Crippen LogP contribution in [0.5, 0.6) is 0 Å². The van der Waals surface area contributed by atoms with Crippen LogP contribution in [-0.2, 0) is 4.74 Å². The lowest BCUT2D eigenvalue weighted by Gasteiger charge is -2.32. The summed E-state index contributed by atoms with van der Waals surface area (Å²) in [5, 5.41) is 4.51. The van der Waals surface area contributed by atoms with E-state index in [1.807, 2.05) is 24.3 Å². The molecule has 21 heavy (non-hydrogen) atoms. The van der Waals surface area contributed by atoms with E-state index in [2.05, 4.69) is 22.1 Å². The summed E-state index contributed by atoms with van der Waals surface area (Å²) in [7, 11) is 0. The molecule has 112 valence electrons. The summed E-state index contributed by atoms with van der Waals surface area (Å²) < 4.78 is 5.82. The Morgan fingerprint density at radius 2 is 2.29 bits per heavy atom. The molecule has 0 radical (unpaired) electrons. The minimum absolute atomic E-state index is 0.199. The fraction of sp³-hybridized carbons (Fsp3) is 0.438. The van der Waals surface area contributed by atoms with Crippen molar-refractivity contribution in [1.82, 2.24) is 9.88 Å². The molecule has 0 bridgehead atoms. The molecule has 1 aliphatic heterocycles. The van der Waals surface area contributed by atoms with Gasteiger partial charge in [-0.25, -0.2) is 0 Å². The maximum absolute atomic E-state index is 6.08. The third kappa shape index (κ3) is 3.09. The zero-order chi connectivity index (χ0) is 14.7. The molecular weight excluding hydrogens is 264 g/mol. The SMILES string of the molecule is CCN1CCOC(CNc2c(N)cnc3ccccc23)C1. The summed E-state index contributed by atoms with van der Waals surface area (Å²) in [6.07, 6.45) is 1.91. The second-order valence-electron chi connectivity index (χ2n) is 5.37. The molecule has 5 nitrogen and oxygen atoms in total.